The molecule has 0 N–H and O–H groups in total. The van der Waals surface area contributed by atoms with E-state index in [4.69, 9.17) is 0 Å². The first-order chi connectivity index (χ1) is 14.2. The maximum absolute atomic E-state index is 11.4. The molecule has 0 spiro atoms. The van der Waals surface area contributed by atoms with Gasteiger partial charge in [0, 0.05) is 6.42 Å². The minimum atomic E-state index is -0.00139. The summed E-state index contributed by atoms with van der Waals surface area (Å²) >= 11 is 0. The van der Waals surface area contributed by atoms with Gasteiger partial charge in [-0.3, -0.25) is 9.59 Å². The molecular weight excluding hydrogens is 356 g/mol. The standard InChI is InChI=1S/C27H52O2/c1-3-4-5-6-7-8-9-10-11-12-13-14-15-16-17-18-19-20-21-22-23-24-27(29)25-26(2)28/h3-25H2,1-2H3. The third-order valence-electron chi connectivity index (χ3n) is 6.01. The van der Waals surface area contributed by atoms with Crippen molar-refractivity contribution in [3.8, 4) is 0 Å². The van der Waals surface area contributed by atoms with Crippen LogP contribution in [0.5, 0.6) is 0 Å². The zero-order valence-corrected chi connectivity index (χ0v) is 20.1. The highest BCUT2D eigenvalue weighted by Gasteiger charge is 2.04. The van der Waals surface area contributed by atoms with E-state index in [9.17, 15) is 9.59 Å². The van der Waals surface area contributed by atoms with Gasteiger partial charge >= 0.3 is 0 Å². The first-order valence-electron chi connectivity index (χ1n) is 13.2. The lowest BCUT2D eigenvalue weighted by molar-refractivity contribution is -0.125. The summed E-state index contributed by atoms with van der Waals surface area (Å²) in [6.07, 6.45) is 29.6. The average molecular weight is 409 g/mol. The maximum atomic E-state index is 11.4. The second kappa shape index (κ2) is 23.6. The van der Waals surface area contributed by atoms with Crippen molar-refractivity contribution in [3.63, 3.8) is 0 Å². The summed E-state index contributed by atoms with van der Waals surface area (Å²) in [6, 6.07) is 0. The van der Waals surface area contributed by atoms with E-state index in [2.05, 4.69) is 6.92 Å². The van der Waals surface area contributed by atoms with Gasteiger partial charge in [-0.05, 0) is 13.3 Å². The van der Waals surface area contributed by atoms with Crippen LogP contribution < -0.4 is 0 Å². The predicted molar refractivity (Wildman–Crippen MR) is 128 cm³/mol. The van der Waals surface area contributed by atoms with Crippen molar-refractivity contribution in [3.05, 3.63) is 0 Å². The van der Waals surface area contributed by atoms with Gasteiger partial charge in [-0.1, -0.05) is 135 Å². The number of rotatable bonds is 24. The monoisotopic (exact) mass is 408 g/mol. The lowest BCUT2D eigenvalue weighted by atomic mass is 10.0. The minimum Gasteiger partial charge on any atom is -0.300 e. The zero-order chi connectivity index (χ0) is 21.4. The lowest BCUT2D eigenvalue weighted by Crippen LogP contribution is -2.03. The topological polar surface area (TPSA) is 34.1 Å². The molecule has 0 aliphatic heterocycles. The molecule has 0 aromatic heterocycles. The van der Waals surface area contributed by atoms with E-state index in [0.717, 1.165) is 12.8 Å². The van der Waals surface area contributed by atoms with Crippen molar-refractivity contribution in [1.29, 1.82) is 0 Å². The van der Waals surface area contributed by atoms with Crippen LogP contribution in [-0.2, 0) is 9.59 Å². The van der Waals surface area contributed by atoms with Crippen LogP contribution in [-0.4, -0.2) is 11.6 Å². The van der Waals surface area contributed by atoms with Gasteiger partial charge in [0.25, 0.3) is 0 Å². The molecule has 0 atom stereocenters. The molecule has 0 aromatic carbocycles. The molecule has 0 saturated carbocycles. The number of hydrogen-bond donors (Lipinski definition) is 0. The lowest BCUT2D eigenvalue weighted by Gasteiger charge is -2.04. The Bertz CT molecular complexity index is 362. The Morgan fingerprint density at radius 3 is 1.00 bits per heavy atom. The molecular formula is C27H52O2. The largest absolute Gasteiger partial charge is 0.300 e. The van der Waals surface area contributed by atoms with Gasteiger partial charge in [0.05, 0.1) is 6.42 Å². The van der Waals surface area contributed by atoms with Gasteiger partial charge in [-0.15, -0.1) is 0 Å². The Balaban J connectivity index is 3.07. The second-order valence-corrected chi connectivity index (χ2v) is 9.24. The molecule has 0 aliphatic carbocycles. The Labute approximate surface area is 183 Å². The number of Topliss-reactive ketones (excluding diaryl/α,β-unsaturated/α-hetero) is 2. The third kappa shape index (κ3) is 25.3. The summed E-state index contributed by atoms with van der Waals surface area (Å²) in [4.78, 5) is 22.3. The van der Waals surface area contributed by atoms with Crippen molar-refractivity contribution in [2.45, 2.75) is 162 Å². The molecule has 0 aromatic rings. The van der Waals surface area contributed by atoms with Crippen LogP contribution in [0, 0.1) is 0 Å². The van der Waals surface area contributed by atoms with Crippen LogP contribution in [0.3, 0.4) is 0 Å². The Morgan fingerprint density at radius 1 is 0.448 bits per heavy atom. The number of ketones is 2. The molecule has 0 fully saturated rings. The van der Waals surface area contributed by atoms with Crippen LogP contribution in [0.4, 0.5) is 0 Å². The van der Waals surface area contributed by atoms with Crippen LogP contribution >= 0.6 is 0 Å². The van der Waals surface area contributed by atoms with Crippen molar-refractivity contribution in [1.82, 2.24) is 0 Å². The van der Waals surface area contributed by atoms with Gasteiger partial charge in [0.15, 0.2) is 0 Å². The third-order valence-corrected chi connectivity index (χ3v) is 6.01. The molecule has 0 radical (unpaired) electrons. The molecule has 29 heavy (non-hydrogen) atoms. The van der Waals surface area contributed by atoms with Crippen LogP contribution in [0.15, 0.2) is 0 Å². The summed E-state index contributed by atoms with van der Waals surface area (Å²) in [5.74, 6) is 0.119. The van der Waals surface area contributed by atoms with E-state index in [1.165, 1.54) is 129 Å². The fourth-order valence-corrected chi connectivity index (χ4v) is 4.12. The number of carbonyl (C=O) groups is 2. The Hall–Kier alpha value is -0.660. The van der Waals surface area contributed by atoms with Crippen molar-refractivity contribution in [2.24, 2.45) is 0 Å². The van der Waals surface area contributed by atoms with E-state index < -0.39 is 0 Å². The van der Waals surface area contributed by atoms with Crippen molar-refractivity contribution >= 4 is 11.6 Å². The van der Waals surface area contributed by atoms with E-state index in [0.29, 0.717) is 6.42 Å². The molecule has 0 aliphatic rings. The van der Waals surface area contributed by atoms with Crippen LogP contribution in [0.1, 0.15) is 162 Å². The molecule has 0 unspecified atom stereocenters. The number of unbranched alkanes of at least 4 members (excludes halogenated alkanes) is 20. The summed E-state index contributed by atoms with van der Waals surface area (Å²) in [7, 11) is 0. The normalized spacial score (nSPS) is 11.1. The maximum Gasteiger partial charge on any atom is 0.140 e. The molecule has 0 bridgehead atoms. The highest BCUT2D eigenvalue weighted by Crippen LogP contribution is 2.15. The Morgan fingerprint density at radius 2 is 0.724 bits per heavy atom. The molecule has 172 valence electrons. The van der Waals surface area contributed by atoms with Gasteiger partial charge < -0.3 is 0 Å². The summed E-state index contributed by atoms with van der Waals surface area (Å²) in [5, 5.41) is 0. The summed E-state index contributed by atoms with van der Waals surface area (Å²) in [6.45, 7) is 3.78. The van der Waals surface area contributed by atoms with Crippen LogP contribution in [0.25, 0.3) is 0 Å². The SMILES string of the molecule is CCCCCCCCCCCCCCCCCCCCCCCC(=O)CC(C)=O. The fourth-order valence-electron chi connectivity index (χ4n) is 4.12. The fraction of sp³-hybridized carbons (Fsp3) is 0.926. The van der Waals surface area contributed by atoms with Gasteiger partial charge in [-0.2, -0.15) is 0 Å². The number of carbonyl (C=O) groups excluding carboxylic acids is 2. The minimum absolute atomic E-state index is 0.00139. The van der Waals surface area contributed by atoms with E-state index in [-0.39, 0.29) is 18.0 Å². The predicted octanol–water partition coefficient (Wildman–Crippen LogP) is 9.14. The molecule has 0 rings (SSSR count). The average Bonchev–Trinajstić information content (AvgIpc) is 2.68. The summed E-state index contributed by atoms with van der Waals surface area (Å²) < 4.78 is 0. The first kappa shape index (κ1) is 28.3. The molecule has 0 heterocycles. The Kier molecular flexibility index (Phi) is 23.1. The van der Waals surface area contributed by atoms with Crippen molar-refractivity contribution in [2.75, 3.05) is 0 Å². The highest BCUT2D eigenvalue weighted by molar-refractivity contribution is 5.97. The highest BCUT2D eigenvalue weighted by atomic mass is 16.1. The van der Waals surface area contributed by atoms with Crippen molar-refractivity contribution < 1.29 is 9.59 Å². The quantitative estimate of drug-likeness (QED) is 0.118. The summed E-state index contributed by atoms with van der Waals surface area (Å²) in [5.41, 5.74) is 0. The smallest absolute Gasteiger partial charge is 0.140 e. The van der Waals surface area contributed by atoms with Gasteiger partial charge in [-0.25, -0.2) is 0 Å². The molecule has 0 saturated heterocycles. The second-order valence-electron chi connectivity index (χ2n) is 9.24. The molecule has 2 heteroatoms. The molecule has 0 amide bonds. The van der Waals surface area contributed by atoms with E-state index in [1.807, 2.05) is 0 Å². The van der Waals surface area contributed by atoms with Gasteiger partial charge in [0.2, 0.25) is 0 Å². The molecule has 2 nitrogen and oxygen atoms in total. The van der Waals surface area contributed by atoms with Gasteiger partial charge in [0.1, 0.15) is 11.6 Å². The number of hydrogen-bond acceptors (Lipinski definition) is 2. The van der Waals surface area contributed by atoms with E-state index in [1.54, 1.807) is 0 Å². The zero-order valence-electron chi connectivity index (χ0n) is 20.1. The first-order valence-corrected chi connectivity index (χ1v) is 13.2. The van der Waals surface area contributed by atoms with Crippen LogP contribution in [0.2, 0.25) is 0 Å². The van der Waals surface area contributed by atoms with E-state index >= 15 is 0 Å².